The van der Waals surface area contributed by atoms with E-state index in [1.54, 1.807) is 0 Å². The molecular weight excluding hydrogens is 244 g/mol. The van der Waals surface area contributed by atoms with Crippen molar-refractivity contribution in [2.24, 2.45) is 11.7 Å². The van der Waals surface area contributed by atoms with Crippen LogP contribution in [0.5, 0.6) is 0 Å². The predicted molar refractivity (Wildman–Crippen MR) is 77.4 cm³/mol. The van der Waals surface area contributed by atoms with Crippen molar-refractivity contribution in [2.45, 2.75) is 25.5 Å². The number of benzene rings is 1. The Morgan fingerprint density at radius 3 is 2.50 bits per heavy atom. The van der Waals surface area contributed by atoms with Gasteiger partial charge in [0.1, 0.15) is 4.99 Å². The Bertz CT molecular complexity index is 412. The fraction of sp³-hybridized carbons (Fsp3) is 0.500. The number of aliphatic hydroxyl groups excluding tert-OH is 1. The highest BCUT2D eigenvalue weighted by atomic mass is 32.1. The molecule has 2 rings (SSSR count). The summed E-state index contributed by atoms with van der Waals surface area (Å²) < 4.78 is 0. The molecule has 3 N–H and O–H groups in total. The van der Waals surface area contributed by atoms with Crippen LogP contribution in [0.2, 0.25) is 0 Å². The van der Waals surface area contributed by atoms with Crippen LogP contribution in [0.3, 0.4) is 0 Å². The second kappa shape index (κ2) is 5.78. The summed E-state index contributed by atoms with van der Waals surface area (Å²) >= 11 is 4.93. The molecule has 98 valence electrons. The van der Waals surface area contributed by atoms with Crippen molar-refractivity contribution in [3.05, 3.63) is 35.4 Å². The molecule has 0 spiro atoms. The lowest BCUT2D eigenvalue weighted by molar-refractivity contribution is 0.0274. The molecule has 1 aliphatic carbocycles. The zero-order valence-corrected chi connectivity index (χ0v) is 11.5. The number of aliphatic hydroxyl groups is 1. The van der Waals surface area contributed by atoms with Crippen LogP contribution in [0.4, 0.5) is 0 Å². The fourth-order valence-electron chi connectivity index (χ4n) is 2.44. The smallest absolute Gasteiger partial charge is 0.103 e. The molecule has 0 aliphatic heterocycles. The summed E-state index contributed by atoms with van der Waals surface area (Å²) in [5.41, 5.74) is 7.74. The van der Waals surface area contributed by atoms with Gasteiger partial charge in [-0.1, -0.05) is 36.5 Å². The van der Waals surface area contributed by atoms with E-state index in [-0.39, 0.29) is 6.10 Å². The second-order valence-electron chi connectivity index (χ2n) is 5.25. The fourth-order valence-corrected chi connectivity index (χ4v) is 2.58. The molecule has 0 bridgehead atoms. The van der Waals surface area contributed by atoms with E-state index in [9.17, 15) is 5.11 Å². The van der Waals surface area contributed by atoms with Crippen molar-refractivity contribution in [1.29, 1.82) is 0 Å². The van der Waals surface area contributed by atoms with E-state index >= 15 is 0 Å². The highest BCUT2D eigenvalue weighted by Crippen LogP contribution is 2.27. The van der Waals surface area contributed by atoms with Gasteiger partial charge in [0.15, 0.2) is 0 Å². The molecule has 0 atom stereocenters. The van der Waals surface area contributed by atoms with Crippen LogP contribution in [-0.2, 0) is 6.54 Å². The van der Waals surface area contributed by atoms with Crippen LogP contribution in [0.15, 0.2) is 24.3 Å². The van der Waals surface area contributed by atoms with E-state index in [0.29, 0.717) is 10.9 Å². The molecule has 3 nitrogen and oxygen atoms in total. The summed E-state index contributed by atoms with van der Waals surface area (Å²) in [4.78, 5) is 2.74. The number of rotatable bonds is 5. The Morgan fingerprint density at radius 1 is 1.39 bits per heavy atom. The van der Waals surface area contributed by atoms with Crippen LogP contribution in [0.25, 0.3) is 0 Å². The second-order valence-corrected chi connectivity index (χ2v) is 5.69. The normalized spacial score (nSPS) is 22.8. The van der Waals surface area contributed by atoms with Gasteiger partial charge in [-0.05, 0) is 31.4 Å². The van der Waals surface area contributed by atoms with E-state index in [1.165, 1.54) is 5.56 Å². The van der Waals surface area contributed by atoms with Gasteiger partial charge in [0.2, 0.25) is 0 Å². The first-order valence-corrected chi connectivity index (χ1v) is 6.71. The van der Waals surface area contributed by atoms with Gasteiger partial charge in [0.05, 0.1) is 6.10 Å². The van der Waals surface area contributed by atoms with Crippen molar-refractivity contribution < 1.29 is 5.11 Å². The Hall–Kier alpha value is -0.970. The topological polar surface area (TPSA) is 49.5 Å². The molecule has 0 aromatic heterocycles. The van der Waals surface area contributed by atoms with Crippen molar-refractivity contribution in [2.75, 3.05) is 13.6 Å². The number of nitrogens with two attached hydrogens (primary N) is 1. The lowest BCUT2D eigenvalue weighted by Gasteiger charge is -2.34. The molecule has 1 fully saturated rings. The number of thiocarbonyl (C=S) groups is 1. The molecule has 1 aromatic carbocycles. The van der Waals surface area contributed by atoms with Gasteiger partial charge in [0.25, 0.3) is 0 Å². The summed E-state index contributed by atoms with van der Waals surface area (Å²) in [6, 6.07) is 8.08. The minimum atomic E-state index is -0.0618. The highest BCUT2D eigenvalue weighted by molar-refractivity contribution is 7.80. The highest BCUT2D eigenvalue weighted by Gasteiger charge is 2.27. The molecular formula is C14H20N2OS. The van der Waals surface area contributed by atoms with E-state index in [2.05, 4.69) is 24.1 Å². The molecule has 0 saturated heterocycles. The quantitative estimate of drug-likeness (QED) is 0.792. The first-order valence-electron chi connectivity index (χ1n) is 6.30. The van der Waals surface area contributed by atoms with Gasteiger partial charge < -0.3 is 15.7 Å². The third kappa shape index (κ3) is 3.51. The maximum Gasteiger partial charge on any atom is 0.103 e. The first-order chi connectivity index (χ1) is 8.54. The predicted octanol–water partition coefficient (Wildman–Crippen LogP) is 1.52. The molecule has 0 unspecified atom stereocenters. The Balaban J connectivity index is 1.83. The lowest BCUT2D eigenvalue weighted by Crippen LogP contribution is -2.36. The minimum absolute atomic E-state index is 0.0618. The maximum atomic E-state index is 9.26. The van der Waals surface area contributed by atoms with Gasteiger partial charge in [-0.25, -0.2) is 0 Å². The van der Waals surface area contributed by atoms with Crippen molar-refractivity contribution >= 4 is 17.2 Å². The Labute approximate surface area is 114 Å². The molecule has 1 saturated carbocycles. The largest absolute Gasteiger partial charge is 0.393 e. The molecule has 0 radical (unpaired) electrons. The van der Waals surface area contributed by atoms with E-state index < -0.39 is 0 Å². The zero-order chi connectivity index (χ0) is 13.1. The molecule has 0 amide bonds. The monoisotopic (exact) mass is 264 g/mol. The molecule has 4 heteroatoms. The molecule has 1 aromatic rings. The summed E-state index contributed by atoms with van der Waals surface area (Å²) in [5.74, 6) is 0.654. The molecule has 18 heavy (non-hydrogen) atoms. The van der Waals surface area contributed by atoms with Crippen molar-refractivity contribution in [3.8, 4) is 0 Å². The third-order valence-electron chi connectivity index (χ3n) is 3.47. The Kier molecular flexibility index (Phi) is 4.32. The van der Waals surface area contributed by atoms with Crippen LogP contribution in [0.1, 0.15) is 24.0 Å². The molecule has 0 heterocycles. The average molecular weight is 264 g/mol. The summed E-state index contributed by atoms with van der Waals surface area (Å²) in [6.07, 6.45) is 1.84. The van der Waals surface area contributed by atoms with Crippen LogP contribution in [-0.4, -0.2) is 34.7 Å². The van der Waals surface area contributed by atoms with Gasteiger partial charge in [-0.2, -0.15) is 0 Å². The summed E-state index contributed by atoms with van der Waals surface area (Å²) in [6.45, 7) is 1.97. The van der Waals surface area contributed by atoms with Crippen molar-refractivity contribution in [3.63, 3.8) is 0 Å². The Morgan fingerprint density at radius 2 is 2.00 bits per heavy atom. The summed E-state index contributed by atoms with van der Waals surface area (Å²) in [7, 11) is 2.12. The van der Waals surface area contributed by atoms with E-state index in [1.807, 2.05) is 12.1 Å². The van der Waals surface area contributed by atoms with E-state index in [0.717, 1.165) is 31.5 Å². The zero-order valence-electron chi connectivity index (χ0n) is 10.7. The van der Waals surface area contributed by atoms with E-state index in [4.69, 9.17) is 18.0 Å². The number of hydrogen-bond acceptors (Lipinski definition) is 3. The van der Waals surface area contributed by atoms with Gasteiger partial charge in [-0.15, -0.1) is 0 Å². The van der Waals surface area contributed by atoms with Gasteiger partial charge >= 0.3 is 0 Å². The summed E-state index contributed by atoms with van der Waals surface area (Å²) in [5, 5.41) is 9.26. The minimum Gasteiger partial charge on any atom is -0.393 e. The number of hydrogen-bond donors (Lipinski definition) is 2. The SMILES string of the molecule is CN(Cc1ccc(C(N)=S)cc1)CC1CC(O)C1. The van der Waals surface area contributed by atoms with Crippen LogP contribution >= 0.6 is 12.2 Å². The molecule has 1 aliphatic rings. The van der Waals surface area contributed by atoms with Crippen molar-refractivity contribution in [1.82, 2.24) is 4.90 Å². The average Bonchev–Trinajstić information content (AvgIpc) is 2.27. The van der Waals surface area contributed by atoms with Crippen LogP contribution in [0, 0.1) is 5.92 Å². The maximum absolute atomic E-state index is 9.26. The van der Waals surface area contributed by atoms with Gasteiger partial charge in [-0.3, -0.25) is 0 Å². The first kappa shape index (κ1) is 13.5. The third-order valence-corrected chi connectivity index (χ3v) is 3.71. The van der Waals surface area contributed by atoms with Gasteiger partial charge in [0, 0.05) is 18.7 Å². The lowest BCUT2D eigenvalue weighted by atomic mass is 9.82. The number of nitrogens with zero attached hydrogens (tertiary/aromatic N) is 1. The standard InChI is InChI=1S/C14H20N2OS/c1-16(9-11-6-13(17)7-11)8-10-2-4-12(5-3-10)14(15)18/h2-5,11,13,17H,6-9H2,1H3,(H2,15,18). The van der Waals surface area contributed by atoms with Crippen LogP contribution < -0.4 is 5.73 Å².